The quantitative estimate of drug-likeness (QED) is 0.186. The molecular formula is C39H41ClN4O4. The summed E-state index contributed by atoms with van der Waals surface area (Å²) in [6.07, 6.45) is 0.891. The highest BCUT2D eigenvalue weighted by Crippen LogP contribution is 2.42. The molecule has 2 aliphatic rings. The van der Waals surface area contributed by atoms with Gasteiger partial charge in [0, 0.05) is 74.7 Å². The number of piperazine rings is 1. The average Bonchev–Trinajstić information content (AvgIpc) is 3.44. The zero-order valence-electron chi connectivity index (χ0n) is 27.0. The number of nitrogens with zero attached hydrogens (tertiary/aromatic N) is 4. The lowest BCUT2D eigenvalue weighted by Crippen LogP contribution is -2.49. The summed E-state index contributed by atoms with van der Waals surface area (Å²) < 4.78 is 7.81. The SMILES string of the molecule is O=C(c1c(C(c2ccc(O)cc2)c2ccc(O)cc2)c2ccccc2n1CCCN1CCOCC1)N1CCN(c2ccccc2Cl)CC1. The molecule has 1 aromatic heterocycles. The van der Waals surface area contributed by atoms with Crippen molar-refractivity contribution < 1.29 is 19.7 Å². The summed E-state index contributed by atoms with van der Waals surface area (Å²) in [5, 5.41) is 22.2. The standard InChI is InChI=1S/C39H41ClN4O4/c40-33-7-2-4-9-35(33)42-20-22-43(23-21-42)39(47)38-37(36(28-10-14-30(45)15-11-28)29-12-16-31(46)17-13-29)32-6-1-3-8-34(32)44(38)19-5-18-41-24-26-48-27-25-41/h1-4,6-17,36,45-46H,5,18-27H2. The molecule has 1 amide bonds. The molecule has 4 aromatic carbocycles. The second-order valence-electron chi connectivity index (χ2n) is 12.6. The number of para-hydroxylation sites is 2. The van der Waals surface area contributed by atoms with Gasteiger partial charge in [0.2, 0.25) is 0 Å². The van der Waals surface area contributed by atoms with Crippen LogP contribution in [0.2, 0.25) is 5.02 Å². The van der Waals surface area contributed by atoms with Crippen molar-refractivity contribution in [1.29, 1.82) is 0 Å². The fourth-order valence-electron chi connectivity index (χ4n) is 7.23. The lowest BCUT2D eigenvalue weighted by molar-refractivity contribution is 0.0369. The van der Waals surface area contributed by atoms with Gasteiger partial charge in [0.25, 0.3) is 5.91 Å². The van der Waals surface area contributed by atoms with Crippen LogP contribution < -0.4 is 4.90 Å². The van der Waals surface area contributed by atoms with Gasteiger partial charge in [-0.3, -0.25) is 9.69 Å². The molecule has 48 heavy (non-hydrogen) atoms. The molecule has 7 rings (SSSR count). The predicted octanol–water partition coefficient (Wildman–Crippen LogP) is 6.57. The third-order valence-corrected chi connectivity index (χ3v) is 9.99. The second-order valence-corrected chi connectivity index (χ2v) is 13.0. The molecule has 0 unspecified atom stereocenters. The number of phenols is 2. The average molecular weight is 665 g/mol. The molecule has 2 fully saturated rings. The monoisotopic (exact) mass is 664 g/mol. The zero-order chi connectivity index (χ0) is 33.0. The normalized spacial score (nSPS) is 15.8. The molecule has 5 aromatic rings. The maximum Gasteiger partial charge on any atom is 0.270 e. The van der Waals surface area contributed by atoms with Crippen molar-refractivity contribution in [3.05, 3.63) is 124 Å². The molecule has 0 atom stereocenters. The van der Waals surface area contributed by atoms with E-state index >= 15 is 4.79 Å². The van der Waals surface area contributed by atoms with Crippen LogP contribution in [-0.4, -0.2) is 89.5 Å². The lowest BCUT2D eigenvalue weighted by Gasteiger charge is -2.37. The van der Waals surface area contributed by atoms with Gasteiger partial charge in [-0.2, -0.15) is 0 Å². The maximum atomic E-state index is 15.0. The summed E-state index contributed by atoms with van der Waals surface area (Å²) >= 11 is 6.55. The van der Waals surface area contributed by atoms with Crippen LogP contribution >= 0.6 is 11.6 Å². The van der Waals surface area contributed by atoms with E-state index in [0.29, 0.717) is 43.4 Å². The summed E-state index contributed by atoms with van der Waals surface area (Å²) in [7, 11) is 0. The smallest absolute Gasteiger partial charge is 0.270 e. The van der Waals surface area contributed by atoms with Crippen molar-refractivity contribution in [1.82, 2.24) is 14.4 Å². The van der Waals surface area contributed by atoms with E-state index in [1.54, 1.807) is 24.3 Å². The maximum absolute atomic E-state index is 15.0. The number of aromatic nitrogens is 1. The molecule has 9 heteroatoms. The van der Waals surface area contributed by atoms with Gasteiger partial charge in [-0.15, -0.1) is 0 Å². The Kier molecular flexibility index (Phi) is 9.57. The minimum absolute atomic E-state index is 0.00828. The van der Waals surface area contributed by atoms with Crippen molar-refractivity contribution >= 4 is 34.1 Å². The zero-order valence-corrected chi connectivity index (χ0v) is 27.7. The van der Waals surface area contributed by atoms with Crippen molar-refractivity contribution in [2.75, 3.05) is 63.9 Å². The minimum atomic E-state index is -0.319. The Labute approximate surface area is 286 Å². The fourth-order valence-corrected chi connectivity index (χ4v) is 7.49. The third-order valence-electron chi connectivity index (χ3n) is 9.67. The number of aryl methyl sites for hydroxylation is 1. The van der Waals surface area contributed by atoms with Gasteiger partial charge in [-0.25, -0.2) is 0 Å². The van der Waals surface area contributed by atoms with Crippen LogP contribution in [0.1, 0.15) is 39.5 Å². The minimum Gasteiger partial charge on any atom is -0.508 e. The molecule has 0 saturated carbocycles. The Hall–Kier alpha value is -4.50. The van der Waals surface area contributed by atoms with E-state index in [4.69, 9.17) is 16.3 Å². The van der Waals surface area contributed by atoms with Crippen molar-refractivity contribution in [2.24, 2.45) is 0 Å². The first kappa shape index (κ1) is 32.1. The number of benzene rings is 4. The third kappa shape index (κ3) is 6.61. The van der Waals surface area contributed by atoms with Gasteiger partial charge in [-0.1, -0.05) is 66.2 Å². The number of phenolic OH excluding ortho intramolecular Hbond substituents is 2. The van der Waals surface area contributed by atoms with Gasteiger partial charge >= 0.3 is 0 Å². The Morgan fingerprint density at radius 2 is 1.33 bits per heavy atom. The van der Waals surface area contributed by atoms with E-state index in [9.17, 15) is 10.2 Å². The molecule has 3 heterocycles. The van der Waals surface area contributed by atoms with Crippen LogP contribution in [0.3, 0.4) is 0 Å². The Bertz CT molecular complexity index is 1810. The number of ether oxygens (including phenoxy) is 1. The summed E-state index contributed by atoms with van der Waals surface area (Å²) in [5.74, 6) is 0.0526. The number of rotatable bonds is 9. The first-order chi connectivity index (χ1) is 23.5. The van der Waals surface area contributed by atoms with E-state index in [0.717, 1.165) is 72.5 Å². The number of carbonyl (C=O) groups excluding carboxylic acids is 1. The van der Waals surface area contributed by atoms with Gasteiger partial charge in [-0.05, 0) is 60.0 Å². The largest absolute Gasteiger partial charge is 0.508 e. The molecule has 2 saturated heterocycles. The Balaban J connectivity index is 1.32. The summed E-state index contributed by atoms with van der Waals surface area (Å²) in [4.78, 5) is 21.7. The molecule has 0 bridgehead atoms. The summed E-state index contributed by atoms with van der Waals surface area (Å²) in [5.41, 5.74) is 5.54. The molecule has 0 spiro atoms. The number of aromatic hydroxyl groups is 2. The highest BCUT2D eigenvalue weighted by Gasteiger charge is 2.33. The molecule has 248 valence electrons. The number of anilines is 1. The van der Waals surface area contributed by atoms with E-state index in [1.807, 2.05) is 65.6 Å². The highest BCUT2D eigenvalue weighted by molar-refractivity contribution is 6.33. The van der Waals surface area contributed by atoms with Crippen LogP contribution in [0.5, 0.6) is 11.5 Å². The summed E-state index contributed by atoms with van der Waals surface area (Å²) in [6.45, 7) is 7.46. The van der Waals surface area contributed by atoms with E-state index in [2.05, 4.69) is 26.5 Å². The van der Waals surface area contributed by atoms with Gasteiger partial charge < -0.3 is 29.3 Å². The van der Waals surface area contributed by atoms with E-state index in [1.165, 1.54) is 0 Å². The molecular weight excluding hydrogens is 624 g/mol. The first-order valence-corrected chi connectivity index (χ1v) is 17.1. The topological polar surface area (TPSA) is 81.4 Å². The number of hydrogen-bond donors (Lipinski definition) is 2. The van der Waals surface area contributed by atoms with Gasteiger partial charge in [0.05, 0.1) is 23.9 Å². The number of hydrogen-bond acceptors (Lipinski definition) is 6. The van der Waals surface area contributed by atoms with Crippen molar-refractivity contribution in [3.8, 4) is 11.5 Å². The summed E-state index contributed by atoms with van der Waals surface area (Å²) in [6, 6.07) is 30.6. The second kappa shape index (κ2) is 14.3. The molecule has 0 radical (unpaired) electrons. The van der Waals surface area contributed by atoms with Crippen LogP contribution in [0.25, 0.3) is 10.9 Å². The molecule has 2 aliphatic heterocycles. The lowest BCUT2D eigenvalue weighted by atomic mass is 9.83. The van der Waals surface area contributed by atoms with Crippen molar-refractivity contribution in [3.63, 3.8) is 0 Å². The highest BCUT2D eigenvalue weighted by atomic mass is 35.5. The molecule has 2 N–H and O–H groups in total. The molecule has 8 nitrogen and oxygen atoms in total. The fraction of sp³-hybridized carbons (Fsp3) is 0.308. The molecule has 0 aliphatic carbocycles. The first-order valence-electron chi connectivity index (χ1n) is 16.8. The number of fused-ring (bicyclic) bond motifs is 1. The number of carbonyl (C=O) groups is 1. The van der Waals surface area contributed by atoms with Crippen LogP contribution in [0.4, 0.5) is 5.69 Å². The van der Waals surface area contributed by atoms with Crippen LogP contribution in [0, 0.1) is 0 Å². The predicted molar refractivity (Wildman–Crippen MR) is 191 cm³/mol. The van der Waals surface area contributed by atoms with Gasteiger partial charge in [0.15, 0.2) is 0 Å². The van der Waals surface area contributed by atoms with Gasteiger partial charge in [0.1, 0.15) is 17.2 Å². The van der Waals surface area contributed by atoms with E-state index in [-0.39, 0.29) is 23.3 Å². The van der Waals surface area contributed by atoms with Crippen molar-refractivity contribution in [2.45, 2.75) is 18.9 Å². The van der Waals surface area contributed by atoms with Crippen LogP contribution in [-0.2, 0) is 11.3 Å². The number of halogens is 1. The Morgan fingerprint density at radius 1 is 0.729 bits per heavy atom. The van der Waals surface area contributed by atoms with Crippen LogP contribution in [0.15, 0.2) is 97.1 Å². The Morgan fingerprint density at radius 3 is 1.98 bits per heavy atom. The number of amides is 1. The number of morpholine rings is 1. The van der Waals surface area contributed by atoms with E-state index < -0.39 is 0 Å².